The molecule has 3 aromatic rings. The zero-order valence-electron chi connectivity index (χ0n) is 14.8. The molecule has 1 aromatic heterocycles. The van der Waals surface area contributed by atoms with Crippen LogP contribution in [0.1, 0.15) is 35.8 Å². The van der Waals surface area contributed by atoms with Crippen LogP contribution in [0.4, 0.5) is 0 Å². The highest BCUT2D eigenvalue weighted by Gasteiger charge is 2.18. The van der Waals surface area contributed by atoms with Crippen LogP contribution < -0.4 is 9.47 Å². The topological polar surface area (TPSA) is 53.4 Å². The summed E-state index contributed by atoms with van der Waals surface area (Å²) >= 11 is 6.09. The second kappa shape index (κ2) is 7.62. The summed E-state index contributed by atoms with van der Waals surface area (Å²) in [6.45, 7) is 4.05. The van der Waals surface area contributed by atoms with Crippen molar-refractivity contribution in [2.24, 2.45) is 0 Å². The Morgan fingerprint density at radius 3 is 2.58 bits per heavy atom. The molecule has 0 saturated heterocycles. The molecule has 6 heteroatoms. The number of rotatable bonds is 5. The van der Waals surface area contributed by atoms with Crippen LogP contribution in [0.25, 0.3) is 5.69 Å². The number of carbonyl (C=O) groups is 1. The lowest BCUT2D eigenvalue weighted by atomic mass is 10.1. The molecule has 1 heterocycles. The lowest BCUT2D eigenvalue weighted by Crippen LogP contribution is -2.12. The van der Waals surface area contributed by atoms with E-state index in [2.05, 4.69) is 5.10 Å². The number of carbonyl (C=O) groups excluding carboxylic acids is 1. The van der Waals surface area contributed by atoms with Crippen LogP contribution >= 0.6 is 11.6 Å². The molecule has 0 N–H and O–H groups in total. The van der Waals surface area contributed by atoms with E-state index >= 15 is 0 Å². The lowest BCUT2D eigenvalue weighted by molar-refractivity contribution is 0.0722. The van der Waals surface area contributed by atoms with Gasteiger partial charge in [0.15, 0.2) is 0 Å². The zero-order chi connectivity index (χ0) is 18.7. The maximum atomic E-state index is 12.6. The van der Waals surface area contributed by atoms with E-state index in [4.69, 9.17) is 21.1 Å². The van der Waals surface area contributed by atoms with Gasteiger partial charge in [0.1, 0.15) is 5.75 Å². The molecule has 0 fully saturated rings. The maximum Gasteiger partial charge on any atom is 0.344 e. The van der Waals surface area contributed by atoms with Gasteiger partial charge in [-0.3, -0.25) is 0 Å². The van der Waals surface area contributed by atoms with Gasteiger partial charge in [-0.25, -0.2) is 9.48 Å². The smallest absolute Gasteiger partial charge is 0.344 e. The number of methoxy groups -OCH3 is 1. The second-order valence-electron chi connectivity index (χ2n) is 6.08. The molecular formula is C20H19ClN2O3. The van der Waals surface area contributed by atoms with Crippen molar-refractivity contribution < 1.29 is 14.3 Å². The third-order valence-electron chi connectivity index (χ3n) is 3.84. The Morgan fingerprint density at radius 2 is 1.88 bits per heavy atom. The molecule has 3 rings (SSSR count). The van der Waals surface area contributed by atoms with Gasteiger partial charge in [0.05, 0.1) is 24.1 Å². The minimum absolute atomic E-state index is 0.185. The van der Waals surface area contributed by atoms with Gasteiger partial charge < -0.3 is 9.47 Å². The molecule has 0 spiro atoms. The maximum absolute atomic E-state index is 12.6. The molecule has 26 heavy (non-hydrogen) atoms. The van der Waals surface area contributed by atoms with Crippen molar-refractivity contribution in [3.8, 4) is 17.3 Å². The van der Waals surface area contributed by atoms with Gasteiger partial charge >= 0.3 is 5.97 Å². The molecule has 0 radical (unpaired) electrons. The molecule has 0 saturated carbocycles. The Labute approximate surface area is 157 Å². The summed E-state index contributed by atoms with van der Waals surface area (Å²) in [4.78, 5) is 12.6. The number of aromatic nitrogens is 2. The van der Waals surface area contributed by atoms with E-state index in [9.17, 15) is 4.79 Å². The van der Waals surface area contributed by atoms with Crippen molar-refractivity contribution in [1.82, 2.24) is 9.78 Å². The van der Waals surface area contributed by atoms with E-state index in [1.165, 1.54) is 0 Å². The fraction of sp³-hybridized carbons (Fsp3) is 0.200. The van der Waals surface area contributed by atoms with Crippen molar-refractivity contribution in [2.45, 2.75) is 19.8 Å². The minimum Gasteiger partial charge on any atom is -0.497 e. The molecule has 0 aliphatic heterocycles. The van der Waals surface area contributed by atoms with Crippen LogP contribution in [0.15, 0.2) is 54.6 Å². The molecule has 0 unspecified atom stereocenters. The summed E-state index contributed by atoms with van der Waals surface area (Å²) in [5.41, 5.74) is 1.94. The first-order valence-corrected chi connectivity index (χ1v) is 8.58. The second-order valence-corrected chi connectivity index (χ2v) is 6.51. The highest BCUT2D eigenvalue weighted by atomic mass is 35.5. The van der Waals surface area contributed by atoms with Gasteiger partial charge in [-0.1, -0.05) is 37.6 Å². The normalized spacial score (nSPS) is 10.8. The summed E-state index contributed by atoms with van der Waals surface area (Å²) in [5, 5.41) is 5.14. The third kappa shape index (κ3) is 3.89. The fourth-order valence-corrected chi connectivity index (χ4v) is 2.62. The van der Waals surface area contributed by atoms with Crippen LogP contribution in [0, 0.1) is 0 Å². The zero-order valence-corrected chi connectivity index (χ0v) is 15.5. The summed E-state index contributed by atoms with van der Waals surface area (Å²) in [6, 6.07) is 15.8. The number of ether oxygens (including phenoxy) is 2. The standard InChI is InChI=1S/C20H19ClN2O3/c1-13(2)18-12-19(23(22-18)16-8-5-7-15(21)11-16)26-20(24)14-6-4-9-17(10-14)25-3/h4-13H,1-3H3. The Bertz CT molecular complexity index is 934. The molecule has 0 amide bonds. The molecule has 0 aliphatic rings. The predicted octanol–water partition coefficient (Wildman–Crippen LogP) is 4.88. The van der Waals surface area contributed by atoms with Crippen LogP contribution in [-0.4, -0.2) is 22.9 Å². The highest BCUT2D eigenvalue weighted by Crippen LogP contribution is 2.26. The molecular weight excluding hydrogens is 352 g/mol. The largest absolute Gasteiger partial charge is 0.497 e. The third-order valence-corrected chi connectivity index (χ3v) is 4.08. The first-order chi connectivity index (χ1) is 12.5. The molecule has 0 bridgehead atoms. The van der Waals surface area contributed by atoms with Gasteiger partial charge in [-0.2, -0.15) is 5.10 Å². The quantitative estimate of drug-likeness (QED) is 0.601. The average Bonchev–Trinajstić information content (AvgIpc) is 3.06. The number of benzene rings is 2. The van der Waals surface area contributed by atoms with Crippen molar-refractivity contribution in [3.63, 3.8) is 0 Å². The minimum atomic E-state index is -0.484. The lowest BCUT2D eigenvalue weighted by Gasteiger charge is -2.09. The van der Waals surface area contributed by atoms with E-state index in [0.29, 0.717) is 22.2 Å². The van der Waals surface area contributed by atoms with E-state index in [1.54, 1.807) is 54.3 Å². The number of halogens is 1. The van der Waals surface area contributed by atoms with Gasteiger partial charge in [0.2, 0.25) is 5.88 Å². The number of nitrogens with zero attached hydrogens (tertiary/aromatic N) is 2. The predicted molar refractivity (Wildman–Crippen MR) is 101 cm³/mol. The number of hydrogen-bond acceptors (Lipinski definition) is 4. The Balaban J connectivity index is 1.97. The number of hydrogen-bond donors (Lipinski definition) is 0. The van der Waals surface area contributed by atoms with E-state index in [-0.39, 0.29) is 5.92 Å². The van der Waals surface area contributed by atoms with Crippen molar-refractivity contribution in [2.75, 3.05) is 7.11 Å². The highest BCUT2D eigenvalue weighted by molar-refractivity contribution is 6.30. The molecule has 5 nitrogen and oxygen atoms in total. The van der Waals surface area contributed by atoms with E-state index < -0.39 is 5.97 Å². The summed E-state index contributed by atoms with van der Waals surface area (Å²) < 4.78 is 12.4. The van der Waals surface area contributed by atoms with Crippen molar-refractivity contribution in [1.29, 1.82) is 0 Å². The summed E-state index contributed by atoms with van der Waals surface area (Å²) in [6.07, 6.45) is 0. The molecule has 2 aromatic carbocycles. The van der Waals surface area contributed by atoms with Crippen LogP contribution in [-0.2, 0) is 0 Å². The van der Waals surface area contributed by atoms with Gasteiger partial charge in [-0.05, 0) is 42.3 Å². The van der Waals surface area contributed by atoms with Crippen LogP contribution in [0.3, 0.4) is 0 Å². The van der Waals surface area contributed by atoms with Gasteiger partial charge in [0.25, 0.3) is 0 Å². The summed E-state index contributed by atoms with van der Waals surface area (Å²) in [7, 11) is 1.55. The first-order valence-electron chi connectivity index (χ1n) is 8.20. The molecule has 0 atom stereocenters. The summed E-state index contributed by atoms with van der Waals surface area (Å²) in [5.74, 6) is 0.626. The molecule has 134 valence electrons. The van der Waals surface area contributed by atoms with E-state index in [0.717, 1.165) is 11.4 Å². The average molecular weight is 371 g/mol. The Kier molecular flexibility index (Phi) is 5.28. The van der Waals surface area contributed by atoms with E-state index in [1.807, 2.05) is 26.0 Å². The van der Waals surface area contributed by atoms with Crippen LogP contribution in [0.5, 0.6) is 11.6 Å². The van der Waals surface area contributed by atoms with Crippen molar-refractivity contribution >= 4 is 17.6 Å². The van der Waals surface area contributed by atoms with Gasteiger partial charge in [-0.15, -0.1) is 0 Å². The monoisotopic (exact) mass is 370 g/mol. The fourth-order valence-electron chi connectivity index (χ4n) is 2.43. The first kappa shape index (κ1) is 18.0. The SMILES string of the molecule is COc1cccc(C(=O)Oc2cc(C(C)C)nn2-c2cccc(Cl)c2)c1. The van der Waals surface area contributed by atoms with Gasteiger partial charge in [0, 0.05) is 11.1 Å². The van der Waals surface area contributed by atoms with Crippen LogP contribution in [0.2, 0.25) is 5.02 Å². The number of esters is 1. The molecule has 0 aliphatic carbocycles. The van der Waals surface area contributed by atoms with Crippen molar-refractivity contribution in [3.05, 3.63) is 70.9 Å². The Hall–Kier alpha value is -2.79. The Morgan fingerprint density at radius 1 is 1.12 bits per heavy atom.